The van der Waals surface area contributed by atoms with Crippen LogP contribution in [-0.2, 0) is 19.4 Å². The van der Waals surface area contributed by atoms with E-state index >= 15 is 0 Å². The summed E-state index contributed by atoms with van der Waals surface area (Å²) >= 11 is 0. The highest BCUT2D eigenvalue weighted by Crippen LogP contribution is 2.41. The summed E-state index contributed by atoms with van der Waals surface area (Å²) in [5.41, 5.74) is -0.923. The molecule has 6 nitrogen and oxygen atoms in total. The molecule has 2 aliphatic rings. The normalized spacial score (nSPS) is 25.2. The molecule has 0 unspecified atom stereocenters. The maximum atomic E-state index is 12.1. The zero-order valence-electron chi connectivity index (χ0n) is 10.8. The maximum Gasteiger partial charge on any atom is 0.310 e. The highest BCUT2D eigenvalue weighted by atomic mass is 32.2. The molecule has 1 saturated carbocycles. The van der Waals surface area contributed by atoms with Gasteiger partial charge in [0.2, 0.25) is 5.91 Å². The van der Waals surface area contributed by atoms with Gasteiger partial charge in [0.1, 0.15) is 0 Å². The van der Waals surface area contributed by atoms with E-state index in [1.165, 1.54) is 4.90 Å². The average molecular weight is 289 g/mol. The Balaban J connectivity index is 1.99. The van der Waals surface area contributed by atoms with Crippen LogP contribution in [0.3, 0.4) is 0 Å². The zero-order chi connectivity index (χ0) is 14.1. The summed E-state index contributed by atoms with van der Waals surface area (Å²) in [5, 5.41) is 9.33. The van der Waals surface area contributed by atoms with Gasteiger partial charge in [-0.25, -0.2) is 8.42 Å². The Bertz CT molecular complexity index is 464. The van der Waals surface area contributed by atoms with Crippen molar-refractivity contribution in [3.8, 4) is 0 Å². The van der Waals surface area contributed by atoms with Crippen LogP contribution in [0.2, 0.25) is 0 Å². The molecule has 0 bridgehead atoms. The third-order valence-corrected chi connectivity index (χ3v) is 5.81. The van der Waals surface area contributed by atoms with Crippen LogP contribution in [0.15, 0.2) is 0 Å². The lowest BCUT2D eigenvalue weighted by atomic mass is 9.82. The highest BCUT2D eigenvalue weighted by molar-refractivity contribution is 7.91. The van der Waals surface area contributed by atoms with E-state index < -0.39 is 21.2 Å². The van der Waals surface area contributed by atoms with Crippen molar-refractivity contribution in [1.29, 1.82) is 0 Å². The molecular formula is C12H19NO5S. The molecule has 0 aromatic heterocycles. The topological polar surface area (TPSA) is 91.8 Å². The summed E-state index contributed by atoms with van der Waals surface area (Å²) < 4.78 is 22.6. The first-order valence-corrected chi connectivity index (χ1v) is 8.38. The number of carbonyl (C=O) groups excluding carboxylic acids is 1. The summed E-state index contributed by atoms with van der Waals surface area (Å²) in [6.07, 6.45) is 2.77. The molecular weight excluding hydrogens is 270 g/mol. The molecule has 0 radical (unpaired) electrons. The Kier molecular flexibility index (Phi) is 3.85. The summed E-state index contributed by atoms with van der Waals surface area (Å²) in [6.45, 7) is 0.383. The quantitative estimate of drug-likeness (QED) is 0.805. The van der Waals surface area contributed by atoms with Gasteiger partial charge in [-0.1, -0.05) is 12.8 Å². The first-order chi connectivity index (χ1) is 8.85. The van der Waals surface area contributed by atoms with Gasteiger partial charge < -0.3 is 10.0 Å². The van der Waals surface area contributed by atoms with E-state index in [1.807, 2.05) is 0 Å². The number of aliphatic carboxylic acids is 1. The van der Waals surface area contributed by atoms with E-state index in [9.17, 15) is 23.1 Å². The molecule has 2 rings (SSSR count). The number of amides is 1. The number of hydrogen-bond acceptors (Lipinski definition) is 4. The molecule has 0 aromatic carbocycles. The van der Waals surface area contributed by atoms with Crippen LogP contribution in [0, 0.1) is 5.41 Å². The lowest BCUT2D eigenvalue weighted by Gasteiger charge is -2.30. The average Bonchev–Trinajstić information content (AvgIpc) is 2.78. The van der Waals surface area contributed by atoms with Crippen molar-refractivity contribution in [2.24, 2.45) is 5.41 Å². The smallest absolute Gasteiger partial charge is 0.310 e. The van der Waals surface area contributed by atoms with E-state index in [4.69, 9.17) is 0 Å². The second kappa shape index (κ2) is 5.11. The number of rotatable bonds is 3. The monoisotopic (exact) mass is 289 g/mol. The van der Waals surface area contributed by atoms with E-state index in [2.05, 4.69) is 0 Å². The van der Waals surface area contributed by atoms with Crippen molar-refractivity contribution in [2.75, 3.05) is 24.6 Å². The van der Waals surface area contributed by atoms with Crippen molar-refractivity contribution in [3.63, 3.8) is 0 Å². The Labute approximate surface area is 112 Å². The van der Waals surface area contributed by atoms with Crippen molar-refractivity contribution in [1.82, 2.24) is 4.90 Å². The first-order valence-electron chi connectivity index (χ1n) is 6.56. The van der Waals surface area contributed by atoms with Crippen molar-refractivity contribution in [2.45, 2.75) is 32.1 Å². The number of carboxylic acid groups (broad SMARTS) is 1. The lowest BCUT2D eigenvalue weighted by Crippen LogP contribution is -2.46. The van der Waals surface area contributed by atoms with Gasteiger partial charge in [-0.15, -0.1) is 0 Å². The molecule has 1 saturated heterocycles. The van der Waals surface area contributed by atoms with Gasteiger partial charge in [-0.3, -0.25) is 9.59 Å². The van der Waals surface area contributed by atoms with Crippen molar-refractivity contribution < 1.29 is 23.1 Å². The minimum Gasteiger partial charge on any atom is -0.481 e. The van der Waals surface area contributed by atoms with Crippen LogP contribution < -0.4 is 0 Å². The fraction of sp³-hybridized carbons (Fsp3) is 0.833. The van der Waals surface area contributed by atoms with E-state index in [-0.39, 0.29) is 36.9 Å². The largest absolute Gasteiger partial charge is 0.481 e. The van der Waals surface area contributed by atoms with Gasteiger partial charge in [-0.2, -0.15) is 0 Å². The molecule has 19 heavy (non-hydrogen) atoms. The second-order valence-corrected chi connectivity index (χ2v) is 7.81. The van der Waals surface area contributed by atoms with Gasteiger partial charge in [-0.05, 0) is 12.8 Å². The van der Waals surface area contributed by atoms with Crippen LogP contribution in [0.25, 0.3) is 0 Å². The fourth-order valence-corrected chi connectivity index (χ4v) is 4.08. The number of sulfone groups is 1. The second-order valence-electron chi connectivity index (χ2n) is 5.50. The number of nitrogens with zero attached hydrogens (tertiary/aromatic N) is 1. The lowest BCUT2D eigenvalue weighted by molar-refractivity contribution is -0.153. The third-order valence-electron chi connectivity index (χ3n) is 4.20. The maximum absolute atomic E-state index is 12.1. The Hall–Kier alpha value is -1.11. The standard InChI is InChI=1S/C12H19NO5S/c14-10(13-5-7-19(17,18)8-6-13)9-12(11(15)16)3-1-2-4-12/h1-9H2,(H,15,16). The molecule has 0 spiro atoms. The molecule has 1 amide bonds. The van der Waals surface area contributed by atoms with Crippen LogP contribution in [0.4, 0.5) is 0 Å². The minimum absolute atomic E-state index is 0.00236. The SMILES string of the molecule is O=C(CC1(C(=O)O)CCCC1)N1CCS(=O)(=O)CC1. The van der Waals surface area contributed by atoms with Gasteiger partial charge in [0.15, 0.2) is 9.84 Å². The van der Waals surface area contributed by atoms with E-state index in [1.54, 1.807) is 0 Å². The zero-order valence-corrected chi connectivity index (χ0v) is 11.6. The summed E-state index contributed by atoms with van der Waals surface area (Å²) in [6, 6.07) is 0. The van der Waals surface area contributed by atoms with Gasteiger partial charge in [0.05, 0.1) is 16.9 Å². The summed E-state index contributed by atoms with van der Waals surface area (Å²) in [7, 11) is -3.02. The Morgan fingerprint density at radius 1 is 1.11 bits per heavy atom. The van der Waals surface area contributed by atoms with Gasteiger partial charge in [0.25, 0.3) is 0 Å². The van der Waals surface area contributed by atoms with Crippen molar-refractivity contribution in [3.05, 3.63) is 0 Å². The van der Waals surface area contributed by atoms with Crippen LogP contribution in [0.1, 0.15) is 32.1 Å². The highest BCUT2D eigenvalue weighted by Gasteiger charge is 2.44. The minimum atomic E-state index is -3.02. The van der Waals surface area contributed by atoms with Crippen LogP contribution in [0.5, 0.6) is 0 Å². The molecule has 0 atom stereocenters. The molecule has 108 valence electrons. The third kappa shape index (κ3) is 3.08. The van der Waals surface area contributed by atoms with E-state index in [0.29, 0.717) is 12.8 Å². The predicted octanol–water partition coefficient (Wildman–Crippen LogP) is 0.278. The number of carbonyl (C=O) groups is 2. The summed E-state index contributed by atoms with van der Waals surface area (Å²) in [5.74, 6) is -1.15. The van der Waals surface area contributed by atoms with Gasteiger partial charge in [0, 0.05) is 19.5 Å². The Morgan fingerprint density at radius 3 is 2.11 bits per heavy atom. The predicted molar refractivity (Wildman–Crippen MR) is 68.4 cm³/mol. The molecule has 1 aliphatic carbocycles. The molecule has 2 fully saturated rings. The summed E-state index contributed by atoms with van der Waals surface area (Å²) in [4.78, 5) is 25.0. The number of hydrogen-bond donors (Lipinski definition) is 1. The molecule has 7 heteroatoms. The molecule has 1 heterocycles. The van der Waals surface area contributed by atoms with Crippen LogP contribution in [-0.4, -0.2) is 54.9 Å². The first kappa shape index (κ1) is 14.3. The number of carboxylic acids is 1. The molecule has 1 N–H and O–H groups in total. The van der Waals surface area contributed by atoms with Gasteiger partial charge >= 0.3 is 5.97 Å². The van der Waals surface area contributed by atoms with Crippen LogP contribution >= 0.6 is 0 Å². The van der Waals surface area contributed by atoms with Crippen molar-refractivity contribution >= 4 is 21.7 Å². The Morgan fingerprint density at radius 2 is 1.63 bits per heavy atom. The molecule has 1 aliphatic heterocycles. The fourth-order valence-electron chi connectivity index (χ4n) is 2.88. The van der Waals surface area contributed by atoms with E-state index in [0.717, 1.165) is 12.8 Å². The molecule has 0 aromatic rings.